The molecule has 0 spiro atoms. The molecule has 0 saturated carbocycles. The molecule has 0 saturated heterocycles. The Bertz CT molecular complexity index is 1140. The molecular weight excluding hydrogens is 410 g/mol. The molecule has 0 bridgehead atoms. The van der Waals surface area contributed by atoms with Crippen LogP contribution in [0.1, 0.15) is 36.0 Å². The van der Waals surface area contributed by atoms with Crippen molar-refractivity contribution in [3.05, 3.63) is 86.3 Å². The van der Waals surface area contributed by atoms with Gasteiger partial charge in [0.1, 0.15) is 5.00 Å². The summed E-state index contributed by atoms with van der Waals surface area (Å²) in [7, 11) is 0. The molecule has 30 heavy (non-hydrogen) atoms. The van der Waals surface area contributed by atoms with Gasteiger partial charge in [0.05, 0.1) is 15.4 Å². The zero-order valence-electron chi connectivity index (χ0n) is 15.5. The number of benzene rings is 2. The lowest BCUT2D eigenvalue weighted by Crippen LogP contribution is -2.13. The van der Waals surface area contributed by atoms with Gasteiger partial charge >= 0.3 is 5.97 Å². The number of nitrogens with one attached hydrogen (secondary N) is 2. The van der Waals surface area contributed by atoms with Gasteiger partial charge in [-0.25, -0.2) is 4.79 Å². The molecule has 1 aromatic heterocycles. The third kappa shape index (κ3) is 4.33. The van der Waals surface area contributed by atoms with Crippen LogP contribution in [0.15, 0.2) is 54.6 Å². The second-order valence-corrected chi connectivity index (χ2v) is 7.16. The zero-order valence-corrected chi connectivity index (χ0v) is 16.4. The van der Waals surface area contributed by atoms with Gasteiger partial charge in [-0.3, -0.25) is 19.7 Å². The highest BCUT2D eigenvalue weighted by atomic mass is 32.1. The molecule has 3 N–H and O–H groups in total. The minimum absolute atomic E-state index is 0.00145. The number of hydrogen-bond acceptors (Lipinski definition) is 6. The highest BCUT2D eigenvalue weighted by Gasteiger charge is 2.26. The molecule has 0 radical (unpaired) electrons. The maximum absolute atomic E-state index is 12.6. The Morgan fingerprint density at radius 3 is 2.17 bits per heavy atom. The second-order valence-electron chi connectivity index (χ2n) is 6.14. The lowest BCUT2D eigenvalue weighted by atomic mass is 10.1. The molecular formula is C20H15N3O6S. The Balaban J connectivity index is 1.88. The number of nitro groups is 1. The van der Waals surface area contributed by atoms with Gasteiger partial charge in [0.15, 0.2) is 0 Å². The van der Waals surface area contributed by atoms with Gasteiger partial charge in [-0.2, -0.15) is 0 Å². The second kappa shape index (κ2) is 8.53. The van der Waals surface area contributed by atoms with E-state index in [-0.39, 0.29) is 32.3 Å². The van der Waals surface area contributed by atoms with Crippen molar-refractivity contribution >= 4 is 45.5 Å². The molecule has 0 aliphatic heterocycles. The fraction of sp³-hybridized carbons (Fsp3) is 0.0500. The van der Waals surface area contributed by atoms with Gasteiger partial charge in [0.25, 0.3) is 17.5 Å². The summed E-state index contributed by atoms with van der Waals surface area (Å²) in [6.45, 7) is 1.49. The van der Waals surface area contributed by atoms with E-state index in [1.807, 2.05) is 0 Å². The van der Waals surface area contributed by atoms with Crippen molar-refractivity contribution in [1.82, 2.24) is 0 Å². The number of carboxylic acids is 1. The number of rotatable bonds is 6. The average Bonchev–Trinajstić information content (AvgIpc) is 3.04. The highest BCUT2D eigenvalue weighted by molar-refractivity contribution is 7.19. The summed E-state index contributed by atoms with van der Waals surface area (Å²) in [4.78, 5) is 47.1. The number of carboxylic acid groups (broad SMARTS) is 1. The van der Waals surface area contributed by atoms with Crippen LogP contribution in [0.2, 0.25) is 0 Å². The van der Waals surface area contributed by atoms with Crippen molar-refractivity contribution in [1.29, 1.82) is 0 Å². The predicted octanol–water partition coefficient (Wildman–Crippen LogP) is 4.17. The predicted molar refractivity (Wildman–Crippen MR) is 111 cm³/mol. The Morgan fingerprint density at radius 1 is 0.967 bits per heavy atom. The monoisotopic (exact) mass is 425 g/mol. The van der Waals surface area contributed by atoms with E-state index >= 15 is 0 Å². The van der Waals surface area contributed by atoms with Crippen LogP contribution < -0.4 is 10.6 Å². The fourth-order valence-corrected chi connectivity index (χ4v) is 3.78. The molecule has 0 unspecified atom stereocenters. The SMILES string of the molecule is Cc1c(C(=O)Nc2ccccc2)sc(NC(=O)c2ccc([N+](=O)[O-])cc2)c1C(=O)O. The van der Waals surface area contributed by atoms with Crippen LogP contribution in [0.3, 0.4) is 0 Å². The van der Waals surface area contributed by atoms with Gasteiger partial charge in [-0.15, -0.1) is 11.3 Å². The van der Waals surface area contributed by atoms with Gasteiger partial charge in [0.2, 0.25) is 0 Å². The summed E-state index contributed by atoms with van der Waals surface area (Å²) in [5.74, 6) is -2.44. The topological polar surface area (TPSA) is 139 Å². The van der Waals surface area contributed by atoms with Crippen molar-refractivity contribution in [2.24, 2.45) is 0 Å². The zero-order chi connectivity index (χ0) is 21.8. The lowest BCUT2D eigenvalue weighted by molar-refractivity contribution is -0.384. The highest BCUT2D eigenvalue weighted by Crippen LogP contribution is 2.34. The van der Waals surface area contributed by atoms with Gasteiger partial charge < -0.3 is 15.7 Å². The van der Waals surface area contributed by atoms with Crippen molar-refractivity contribution in [3.63, 3.8) is 0 Å². The first-order chi connectivity index (χ1) is 14.3. The molecule has 3 aromatic rings. The third-order valence-electron chi connectivity index (χ3n) is 4.17. The van der Waals surface area contributed by atoms with Crippen LogP contribution >= 0.6 is 11.3 Å². The Morgan fingerprint density at radius 2 is 1.60 bits per heavy atom. The number of anilines is 2. The fourth-order valence-electron chi connectivity index (χ4n) is 2.69. The van der Waals surface area contributed by atoms with E-state index in [1.54, 1.807) is 30.3 Å². The van der Waals surface area contributed by atoms with Crippen LogP contribution in [-0.2, 0) is 0 Å². The third-order valence-corrected chi connectivity index (χ3v) is 5.37. The van der Waals surface area contributed by atoms with E-state index in [1.165, 1.54) is 31.2 Å². The Hall–Kier alpha value is -4.05. The van der Waals surface area contributed by atoms with E-state index < -0.39 is 22.7 Å². The molecule has 2 aromatic carbocycles. The Labute approximate surface area is 174 Å². The number of amides is 2. The summed E-state index contributed by atoms with van der Waals surface area (Å²) in [6.07, 6.45) is 0. The number of nitro benzene ring substituents is 1. The smallest absolute Gasteiger partial charge is 0.339 e. The summed E-state index contributed by atoms with van der Waals surface area (Å²) >= 11 is 0.840. The lowest BCUT2D eigenvalue weighted by Gasteiger charge is -2.04. The summed E-state index contributed by atoms with van der Waals surface area (Å²) < 4.78 is 0. The Kier molecular flexibility index (Phi) is 5.88. The molecule has 1 heterocycles. The number of thiophene rings is 1. The van der Waals surface area contributed by atoms with Crippen LogP contribution in [0.25, 0.3) is 0 Å². The number of para-hydroxylation sites is 1. The van der Waals surface area contributed by atoms with E-state index in [0.717, 1.165) is 11.3 Å². The van der Waals surface area contributed by atoms with Crippen LogP contribution in [0.5, 0.6) is 0 Å². The first-order valence-corrected chi connectivity index (χ1v) is 9.38. The summed E-state index contributed by atoms with van der Waals surface area (Å²) in [5, 5.41) is 25.5. The first-order valence-electron chi connectivity index (χ1n) is 8.57. The largest absolute Gasteiger partial charge is 0.478 e. The molecule has 2 amide bonds. The summed E-state index contributed by atoms with van der Waals surface area (Å²) in [6, 6.07) is 13.5. The maximum atomic E-state index is 12.6. The number of non-ortho nitro benzene ring substituents is 1. The number of hydrogen-bond donors (Lipinski definition) is 3. The number of carbonyl (C=O) groups excluding carboxylic acids is 2. The van der Waals surface area contributed by atoms with Gasteiger partial charge in [-0.1, -0.05) is 18.2 Å². The van der Waals surface area contributed by atoms with E-state index in [9.17, 15) is 29.6 Å². The molecule has 10 heteroatoms. The van der Waals surface area contributed by atoms with Crippen LogP contribution in [0, 0.1) is 17.0 Å². The minimum atomic E-state index is -1.29. The van der Waals surface area contributed by atoms with Crippen LogP contribution in [-0.4, -0.2) is 27.8 Å². The minimum Gasteiger partial charge on any atom is -0.478 e. The molecule has 0 atom stereocenters. The average molecular weight is 425 g/mol. The van der Waals surface area contributed by atoms with E-state index in [0.29, 0.717) is 5.69 Å². The maximum Gasteiger partial charge on any atom is 0.339 e. The van der Waals surface area contributed by atoms with Gasteiger partial charge in [-0.05, 0) is 36.8 Å². The van der Waals surface area contributed by atoms with E-state index in [2.05, 4.69) is 10.6 Å². The van der Waals surface area contributed by atoms with Crippen molar-refractivity contribution < 1.29 is 24.4 Å². The van der Waals surface area contributed by atoms with Crippen molar-refractivity contribution in [2.75, 3.05) is 10.6 Å². The van der Waals surface area contributed by atoms with Gasteiger partial charge in [0, 0.05) is 23.4 Å². The normalized spacial score (nSPS) is 10.3. The number of aromatic carboxylic acids is 1. The number of carbonyl (C=O) groups is 3. The quantitative estimate of drug-likeness (QED) is 0.400. The number of nitrogens with zero attached hydrogens (tertiary/aromatic N) is 1. The van der Waals surface area contributed by atoms with E-state index in [4.69, 9.17) is 0 Å². The summed E-state index contributed by atoms with van der Waals surface area (Å²) in [5.41, 5.74) is 0.514. The molecule has 0 fully saturated rings. The molecule has 152 valence electrons. The molecule has 0 aliphatic carbocycles. The first kappa shape index (κ1) is 20.7. The molecule has 3 rings (SSSR count). The standard InChI is InChI=1S/C20H15N3O6S/c1-11-15(20(26)27)19(22-17(24)12-7-9-14(10-8-12)23(28)29)30-16(11)18(25)21-13-5-3-2-4-6-13/h2-10H,1H3,(H,21,25)(H,22,24)(H,26,27). The van der Waals surface area contributed by atoms with Crippen molar-refractivity contribution in [3.8, 4) is 0 Å². The van der Waals surface area contributed by atoms with Crippen molar-refractivity contribution in [2.45, 2.75) is 6.92 Å². The van der Waals surface area contributed by atoms with Crippen LogP contribution in [0.4, 0.5) is 16.4 Å². The molecule has 9 nitrogen and oxygen atoms in total. The molecule has 0 aliphatic rings.